The lowest BCUT2D eigenvalue weighted by Gasteiger charge is -2.38. The lowest BCUT2D eigenvalue weighted by atomic mass is 9.76. The van der Waals surface area contributed by atoms with Gasteiger partial charge in [-0.1, -0.05) is 18.2 Å². The number of likely N-dealkylation sites (tertiary alicyclic amines) is 1. The molecule has 0 aliphatic carbocycles. The van der Waals surface area contributed by atoms with Gasteiger partial charge < -0.3 is 9.64 Å². The summed E-state index contributed by atoms with van der Waals surface area (Å²) in [5.74, 6) is 0.115. The molecule has 3 rings (SSSR count). The van der Waals surface area contributed by atoms with E-state index >= 15 is 0 Å². The molecule has 0 atom stereocenters. The summed E-state index contributed by atoms with van der Waals surface area (Å²) in [5, 5.41) is 0. The van der Waals surface area contributed by atoms with Crippen LogP contribution in [0.4, 0.5) is 0 Å². The summed E-state index contributed by atoms with van der Waals surface area (Å²) in [7, 11) is 0. The SMILES string of the molecule is O=C(c1ccccc1)N1CCC2(CC1)COCC2=NS. The highest BCUT2D eigenvalue weighted by atomic mass is 32.1. The third-order valence-electron chi connectivity index (χ3n) is 4.38. The molecule has 1 aromatic rings. The molecule has 2 fully saturated rings. The molecule has 2 heterocycles. The van der Waals surface area contributed by atoms with E-state index in [-0.39, 0.29) is 11.3 Å². The Morgan fingerprint density at radius 2 is 1.95 bits per heavy atom. The molecule has 2 saturated heterocycles. The quantitative estimate of drug-likeness (QED) is 0.806. The highest BCUT2D eigenvalue weighted by molar-refractivity contribution is 7.79. The number of benzene rings is 1. The lowest BCUT2D eigenvalue weighted by molar-refractivity contribution is 0.0587. The van der Waals surface area contributed by atoms with Crippen molar-refractivity contribution < 1.29 is 9.53 Å². The van der Waals surface area contributed by atoms with Crippen molar-refractivity contribution in [1.82, 2.24) is 4.90 Å². The van der Waals surface area contributed by atoms with Gasteiger partial charge in [-0.2, -0.15) is 0 Å². The first-order valence-electron chi connectivity index (χ1n) is 6.89. The van der Waals surface area contributed by atoms with E-state index in [1.54, 1.807) is 0 Å². The van der Waals surface area contributed by atoms with Crippen LogP contribution in [-0.4, -0.2) is 42.8 Å². The standard InChI is InChI=1S/C15H18N2O2S/c18-14(12-4-2-1-3-5-12)17-8-6-15(7-9-17)11-19-10-13(15)16-20/h1-5,20H,6-11H2. The molecule has 0 saturated carbocycles. The van der Waals surface area contributed by atoms with Gasteiger partial charge in [-0.05, 0) is 37.8 Å². The highest BCUT2D eigenvalue weighted by Crippen LogP contribution is 2.38. The molecule has 0 bridgehead atoms. The Hall–Kier alpha value is -1.33. The molecule has 2 aliphatic heterocycles. The Labute approximate surface area is 124 Å². The van der Waals surface area contributed by atoms with E-state index in [4.69, 9.17) is 4.74 Å². The third kappa shape index (κ3) is 2.36. The van der Waals surface area contributed by atoms with Crippen molar-refractivity contribution in [1.29, 1.82) is 0 Å². The van der Waals surface area contributed by atoms with Gasteiger partial charge in [0.1, 0.15) is 0 Å². The Bertz CT molecular complexity index is 522. The molecule has 0 unspecified atom stereocenters. The van der Waals surface area contributed by atoms with Crippen LogP contribution in [0.15, 0.2) is 34.7 Å². The average molecular weight is 290 g/mol. The van der Waals surface area contributed by atoms with Gasteiger partial charge in [-0.15, -0.1) is 0 Å². The number of hydrogen-bond acceptors (Lipinski definition) is 4. The van der Waals surface area contributed by atoms with Crippen LogP contribution in [0.25, 0.3) is 0 Å². The van der Waals surface area contributed by atoms with Crippen molar-refractivity contribution in [3.05, 3.63) is 35.9 Å². The number of piperidine rings is 1. The van der Waals surface area contributed by atoms with Gasteiger partial charge >= 0.3 is 0 Å². The average Bonchev–Trinajstić information content (AvgIpc) is 2.90. The number of carbonyl (C=O) groups excluding carboxylic acids is 1. The maximum absolute atomic E-state index is 12.4. The van der Waals surface area contributed by atoms with E-state index in [1.165, 1.54) is 0 Å². The van der Waals surface area contributed by atoms with Crippen LogP contribution in [0.3, 0.4) is 0 Å². The predicted molar refractivity (Wildman–Crippen MR) is 81.3 cm³/mol. The molecular formula is C15H18N2O2S. The fraction of sp³-hybridized carbons (Fsp3) is 0.467. The van der Waals surface area contributed by atoms with Crippen LogP contribution < -0.4 is 0 Å². The highest BCUT2D eigenvalue weighted by Gasteiger charge is 2.44. The first kappa shape index (κ1) is 13.6. The summed E-state index contributed by atoms with van der Waals surface area (Å²) in [4.78, 5) is 14.3. The van der Waals surface area contributed by atoms with Gasteiger partial charge in [-0.3, -0.25) is 4.79 Å². The number of thiol groups is 1. The summed E-state index contributed by atoms with van der Waals surface area (Å²) in [6.07, 6.45) is 1.82. The van der Waals surface area contributed by atoms with Crippen molar-refractivity contribution in [3.63, 3.8) is 0 Å². The predicted octanol–water partition coefficient (Wildman–Crippen LogP) is 2.23. The number of carbonyl (C=O) groups is 1. The van der Waals surface area contributed by atoms with Crippen molar-refractivity contribution in [2.45, 2.75) is 12.8 Å². The van der Waals surface area contributed by atoms with E-state index < -0.39 is 0 Å². The lowest BCUT2D eigenvalue weighted by Crippen LogP contribution is -2.46. The van der Waals surface area contributed by atoms with Crippen LogP contribution in [0, 0.1) is 5.41 Å². The number of rotatable bonds is 1. The van der Waals surface area contributed by atoms with Crippen molar-refractivity contribution in [2.24, 2.45) is 9.81 Å². The number of ether oxygens (including phenoxy) is 1. The van der Waals surface area contributed by atoms with Crippen molar-refractivity contribution in [2.75, 3.05) is 26.3 Å². The summed E-state index contributed by atoms with van der Waals surface area (Å²) in [6.45, 7) is 2.80. The van der Waals surface area contributed by atoms with E-state index in [1.807, 2.05) is 35.2 Å². The summed E-state index contributed by atoms with van der Waals surface area (Å²) < 4.78 is 9.61. The minimum absolute atomic E-state index is 0.00914. The van der Waals surface area contributed by atoms with Gasteiger partial charge in [0.2, 0.25) is 0 Å². The molecule has 0 aromatic heterocycles. The normalized spacial score (nSPS) is 23.4. The maximum Gasteiger partial charge on any atom is 0.253 e. The fourth-order valence-electron chi connectivity index (χ4n) is 3.05. The van der Waals surface area contributed by atoms with Crippen LogP contribution in [0.2, 0.25) is 0 Å². The summed E-state index contributed by atoms with van der Waals surface area (Å²) >= 11 is 4.05. The molecule has 4 nitrogen and oxygen atoms in total. The van der Waals surface area contributed by atoms with Crippen LogP contribution >= 0.6 is 12.8 Å². The monoisotopic (exact) mass is 290 g/mol. The number of hydrogen-bond donors (Lipinski definition) is 1. The zero-order valence-electron chi connectivity index (χ0n) is 11.3. The summed E-state index contributed by atoms with van der Waals surface area (Å²) in [6, 6.07) is 9.45. The third-order valence-corrected chi connectivity index (χ3v) is 4.62. The maximum atomic E-state index is 12.4. The van der Waals surface area contributed by atoms with Gasteiger partial charge in [0.15, 0.2) is 0 Å². The molecule has 1 spiro atoms. The molecular weight excluding hydrogens is 272 g/mol. The fourth-order valence-corrected chi connectivity index (χ4v) is 3.32. The zero-order valence-corrected chi connectivity index (χ0v) is 12.2. The van der Waals surface area contributed by atoms with Gasteiger partial charge in [0.05, 0.1) is 18.9 Å². The Morgan fingerprint density at radius 3 is 2.60 bits per heavy atom. The van der Waals surface area contributed by atoms with E-state index in [0.29, 0.717) is 13.2 Å². The first-order chi connectivity index (χ1) is 9.75. The Morgan fingerprint density at radius 1 is 1.25 bits per heavy atom. The Kier molecular flexibility index (Phi) is 3.81. The van der Waals surface area contributed by atoms with Crippen molar-refractivity contribution in [3.8, 4) is 0 Å². The number of nitrogens with zero attached hydrogens (tertiary/aromatic N) is 2. The molecule has 2 aliphatic rings. The zero-order chi connectivity index (χ0) is 14.0. The topological polar surface area (TPSA) is 41.9 Å². The van der Waals surface area contributed by atoms with Crippen molar-refractivity contribution >= 4 is 24.4 Å². The van der Waals surface area contributed by atoms with Gasteiger partial charge in [0, 0.05) is 24.1 Å². The number of amides is 1. The smallest absolute Gasteiger partial charge is 0.253 e. The molecule has 0 radical (unpaired) electrons. The Balaban J connectivity index is 1.69. The molecule has 106 valence electrons. The first-order valence-corrected chi connectivity index (χ1v) is 7.29. The minimum Gasteiger partial charge on any atom is -0.374 e. The molecule has 1 aromatic carbocycles. The molecule has 0 N–H and O–H groups in total. The van der Waals surface area contributed by atoms with E-state index in [0.717, 1.165) is 37.2 Å². The van der Waals surface area contributed by atoms with Gasteiger partial charge in [0.25, 0.3) is 5.91 Å². The van der Waals surface area contributed by atoms with Gasteiger partial charge in [-0.25, -0.2) is 4.40 Å². The van der Waals surface area contributed by atoms with E-state index in [2.05, 4.69) is 17.2 Å². The van der Waals surface area contributed by atoms with Crippen LogP contribution in [0.1, 0.15) is 23.2 Å². The van der Waals surface area contributed by atoms with Crippen LogP contribution in [-0.2, 0) is 4.74 Å². The second-order valence-corrected chi connectivity index (χ2v) is 5.68. The van der Waals surface area contributed by atoms with E-state index in [9.17, 15) is 4.79 Å². The minimum atomic E-state index is 0.00914. The largest absolute Gasteiger partial charge is 0.374 e. The van der Waals surface area contributed by atoms with Crippen LogP contribution in [0.5, 0.6) is 0 Å². The molecule has 1 amide bonds. The summed E-state index contributed by atoms with van der Waals surface area (Å²) in [5.41, 5.74) is 1.80. The molecule has 5 heteroatoms. The molecule has 20 heavy (non-hydrogen) atoms. The second-order valence-electron chi connectivity index (χ2n) is 5.48. The second kappa shape index (κ2) is 5.58.